The second kappa shape index (κ2) is 9.62. The molecule has 1 aromatic carbocycles. The number of rotatable bonds is 6. The molecule has 0 unspecified atom stereocenters. The molecule has 152 valence electrons. The Bertz CT molecular complexity index is 912. The van der Waals surface area contributed by atoms with Crippen molar-refractivity contribution in [1.82, 2.24) is 20.0 Å². The Labute approximate surface area is 173 Å². The normalized spacial score (nSPS) is 14.4. The fraction of sp³-hybridized carbons (Fsp3) is 0.478. The molecule has 1 aliphatic rings. The highest BCUT2D eigenvalue weighted by Crippen LogP contribution is 2.22. The van der Waals surface area contributed by atoms with Gasteiger partial charge in [-0.1, -0.05) is 18.6 Å². The Morgan fingerprint density at radius 3 is 2.55 bits per heavy atom. The minimum absolute atomic E-state index is 0.110. The summed E-state index contributed by atoms with van der Waals surface area (Å²) < 4.78 is 0. The van der Waals surface area contributed by atoms with Crippen molar-refractivity contribution in [3.63, 3.8) is 0 Å². The van der Waals surface area contributed by atoms with Crippen LogP contribution < -0.4 is 0 Å². The molecule has 0 aliphatic carbocycles. The fourth-order valence-electron chi connectivity index (χ4n) is 3.74. The molecular formula is C23H29N5O. The molecule has 0 spiro atoms. The Morgan fingerprint density at radius 1 is 1.14 bits per heavy atom. The first-order valence-electron chi connectivity index (χ1n) is 10.4. The monoisotopic (exact) mass is 391 g/mol. The SMILES string of the molecule is CCN(C(=O)CCc1cc(-c2ccc(C)c(C)c2)nc(C#N)n1)N1CCCCC1. The second-order valence-electron chi connectivity index (χ2n) is 7.60. The van der Waals surface area contributed by atoms with Crippen LogP contribution >= 0.6 is 0 Å². The van der Waals surface area contributed by atoms with Crippen LogP contribution in [0.2, 0.25) is 0 Å². The van der Waals surface area contributed by atoms with Crippen molar-refractivity contribution in [2.75, 3.05) is 19.6 Å². The van der Waals surface area contributed by atoms with Gasteiger partial charge in [-0.25, -0.2) is 15.0 Å². The first-order chi connectivity index (χ1) is 14.0. The highest BCUT2D eigenvalue weighted by atomic mass is 16.2. The van der Waals surface area contributed by atoms with Gasteiger partial charge in [0.2, 0.25) is 11.7 Å². The summed E-state index contributed by atoms with van der Waals surface area (Å²) in [5.41, 5.74) is 4.81. The van der Waals surface area contributed by atoms with Gasteiger partial charge >= 0.3 is 0 Å². The van der Waals surface area contributed by atoms with Crippen LogP contribution in [0.15, 0.2) is 24.3 Å². The second-order valence-corrected chi connectivity index (χ2v) is 7.60. The minimum Gasteiger partial charge on any atom is -0.276 e. The van der Waals surface area contributed by atoms with Gasteiger partial charge in [0, 0.05) is 37.3 Å². The van der Waals surface area contributed by atoms with E-state index in [1.807, 2.05) is 24.1 Å². The van der Waals surface area contributed by atoms with Crippen molar-refractivity contribution in [1.29, 1.82) is 5.26 Å². The quantitative estimate of drug-likeness (QED) is 0.748. The van der Waals surface area contributed by atoms with Gasteiger partial charge < -0.3 is 0 Å². The van der Waals surface area contributed by atoms with Crippen LogP contribution in [0.4, 0.5) is 0 Å². The third-order valence-electron chi connectivity index (χ3n) is 5.54. The number of carbonyl (C=O) groups is 1. The number of piperidine rings is 1. The third-order valence-corrected chi connectivity index (χ3v) is 5.54. The van der Waals surface area contributed by atoms with Gasteiger partial charge in [-0.2, -0.15) is 5.26 Å². The summed E-state index contributed by atoms with van der Waals surface area (Å²) >= 11 is 0. The van der Waals surface area contributed by atoms with E-state index in [2.05, 4.69) is 47.0 Å². The maximum absolute atomic E-state index is 12.8. The van der Waals surface area contributed by atoms with E-state index >= 15 is 0 Å². The maximum Gasteiger partial charge on any atom is 0.237 e. The molecular weight excluding hydrogens is 362 g/mol. The number of amides is 1. The highest BCUT2D eigenvalue weighted by molar-refractivity contribution is 5.76. The number of hydrogen-bond acceptors (Lipinski definition) is 5. The minimum atomic E-state index is 0.110. The average Bonchev–Trinajstić information content (AvgIpc) is 2.75. The van der Waals surface area contributed by atoms with E-state index in [0.717, 1.165) is 42.9 Å². The molecule has 2 heterocycles. The molecule has 2 aromatic rings. The predicted molar refractivity (Wildman–Crippen MR) is 113 cm³/mol. The van der Waals surface area contributed by atoms with E-state index in [-0.39, 0.29) is 11.7 Å². The van der Waals surface area contributed by atoms with Crippen molar-refractivity contribution in [2.45, 2.75) is 52.9 Å². The molecule has 6 nitrogen and oxygen atoms in total. The van der Waals surface area contributed by atoms with E-state index in [1.54, 1.807) is 0 Å². The van der Waals surface area contributed by atoms with Gasteiger partial charge in [-0.05, 0) is 63.3 Å². The highest BCUT2D eigenvalue weighted by Gasteiger charge is 2.21. The molecule has 3 rings (SSSR count). The summed E-state index contributed by atoms with van der Waals surface area (Å²) in [5, 5.41) is 13.4. The molecule has 0 atom stereocenters. The molecule has 0 N–H and O–H groups in total. The molecule has 1 aromatic heterocycles. The van der Waals surface area contributed by atoms with Crippen LogP contribution in [0.5, 0.6) is 0 Å². The summed E-state index contributed by atoms with van der Waals surface area (Å²) in [6, 6.07) is 10.1. The van der Waals surface area contributed by atoms with Crippen LogP contribution in [-0.4, -0.2) is 45.5 Å². The summed E-state index contributed by atoms with van der Waals surface area (Å²) in [5.74, 6) is 0.255. The van der Waals surface area contributed by atoms with Gasteiger partial charge in [0.25, 0.3) is 0 Å². The first-order valence-corrected chi connectivity index (χ1v) is 10.4. The Morgan fingerprint density at radius 2 is 1.90 bits per heavy atom. The Hall–Kier alpha value is -2.78. The van der Waals surface area contributed by atoms with E-state index in [9.17, 15) is 10.1 Å². The summed E-state index contributed by atoms with van der Waals surface area (Å²) in [6.07, 6.45) is 4.39. The van der Waals surface area contributed by atoms with Crippen LogP contribution in [0, 0.1) is 25.2 Å². The number of nitriles is 1. The Balaban J connectivity index is 1.75. The van der Waals surface area contributed by atoms with E-state index in [1.165, 1.54) is 17.5 Å². The zero-order chi connectivity index (χ0) is 20.8. The lowest BCUT2D eigenvalue weighted by molar-refractivity contribution is -0.150. The van der Waals surface area contributed by atoms with Crippen LogP contribution in [0.1, 0.15) is 55.3 Å². The largest absolute Gasteiger partial charge is 0.276 e. The van der Waals surface area contributed by atoms with Crippen LogP contribution in [0.3, 0.4) is 0 Å². The number of aromatic nitrogens is 2. The van der Waals surface area contributed by atoms with Gasteiger partial charge in [0.05, 0.1) is 5.69 Å². The number of benzene rings is 1. The smallest absolute Gasteiger partial charge is 0.237 e. The number of nitrogens with zero attached hydrogens (tertiary/aromatic N) is 5. The lowest BCUT2D eigenvalue weighted by atomic mass is 10.0. The zero-order valence-electron chi connectivity index (χ0n) is 17.6. The molecule has 29 heavy (non-hydrogen) atoms. The third kappa shape index (κ3) is 5.18. The number of carbonyl (C=O) groups excluding carboxylic acids is 1. The van der Waals surface area contributed by atoms with E-state index in [0.29, 0.717) is 19.4 Å². The summed E-state index contributed by atoms with van der Waals surface area (Å²) in [4.78, 5) is 21.5. The first kappa shape index (κ1) is 20.9. The van der Waals surface area contributed by atoms with Crippen molar-refractivity contribution in [3.05, 3.63) is 46.9 Å². The van der Waals surface area contributed by atoms with Crippen LogP contribution in [-0.2, 0) is 11.2 Å². The lowest BCUT2D eigenvalue weighted by Gasteiger charge is -2.36. The lowest BCUT2D eigenvalue weighted by Crippen LogP contribution is -2.48. The standard InChI is InChI=1S/C23H29N5O/c1-4-28(27-12-6-5-7-13-27)23(29)11-10-20-15-21(26-22(16-24)25-20)19-9-8-17(2)18(3)14-19/h8-9,14-15H,4-7,10-13H2,1-3H3. The molecule has 0 radical (unpaired) electrons. The summed E-state index contributed by atoms with van der Waals surface area (Å²) in [7, 11) is 0. The molecule has 1 saturated heterocycles. The number of hydrogen-bond donors (Lipinski definition) is 0. The molecule has 0 saturated carbocycles. The van der Waals surface area contributed by atoms with Gasteiger partial charge in [-0.3, -0.25) is 9.80 Å². The van der Waals surface area contributed by atoms with Crippen molar-refractivity contribution >= 4 is 5.91 Å². The number of aryl methyl sites for hydroxylation is 3. The molecule has 1 amide bonds. The Kier molecular flexibility index (Phi) is 6.95. The van der Waals surface area contributed by atoms with Gasteiger partial charge in [0.1, 0.15) is 6.07 Å². The molecule has 1 aliphatic heterocycles. The average molecular weight is 392 g/mol. The van der Waals surface area contributed by atoms with Gasteiger partial charge in [0.15, 0.2) is 0 Å². The number of hydrazine groups is 1. The van der Waals surface area contributed by atoms with E-state index in [4.69, 9.17) is 0 Å². The maximum atomic E-state index is 12.8. The molecule has 6 heteroatoms. The summed E-state index contributed by atoms with van der Waals surface area (Å²) in [6.45, 7) is 8.72. The van der Waals surface area contributed by atoms with E-state index < -0.39 is 0 Å². The molecule has 1 fully saturated rings. The van der Waals surface area contributed by atoms with Crippen molar-refractivity contribution in [3.8, 4) is 17.3 Å². The topological polar surface area (TPSA) is 73.1 Å². The van der Waals surface area contributed by atoms with Crippen LogP contribution in [0.25, 0.3) is 11.3 Å². The predicted octanol–water partition coefficient (Wildman–Crippen LogP) is 3.81. The fourth-order valence-corrected chi connectivity index (χ4v) is 3.74. The van der Waals surface area contributed by atoms with Crippen molar-refractivity contribution < 1.29 is 4.79 Å². The molecule has 0 bridgehead atoms. The zero-order valence-corrected chi connectivity index (χ0v) is 17.6. The van der Waals surface area contributed by atoms with Crippen molar-refractivity contribution in [2.24, 2.45) is 0 Å². The van der Waals surface area contributed by atoms with Gasteiger partial charge in [-0.15, -0.1) is 0 Å².